The number of hydrogen-bond donors (Lipinski definition) is 1. The number of aryl methyl sites for hydroxylation is 1. The minimum absolute atomic E-state index is 0.614. The normalized spacial score (nSPS) is 19.9. The van der Waals surface area contributed by atoms with E-state index in [1.807, 2.05) is 12.4 Å². The first-order valence-corrected chi connectivity index (χ1v) is 6.72. The predicted octanol–water partition coefficient (Wildman–Crippen LogP) is 1.76. The Morgan fingerprint density at radius 3 is 3.33 bits per heavy atom. The molecule has 1 aliphatic heterocycles. The Balaban J connectivity index is 1.75. The van der Waals surface area contributed by atoms with Gasteiger partial charge in [0, 0.05) is 45.8 Å². The molecule has 1 aromatic heterocycles. The Bertz CT molecular complexity index is 335. The van der Waals surface area contributed by atoms with Crippen LogP contribution < -0.4 is 5.32 Å². The van der Waals surface area contributed by atoms with E-state index in [-0.39, 0.29) is 0 Å². The number of aromatic nitrogens is 2. The second-order valence-electron chi connectivity index (χ2n) is 4.75. The highest BCUT2D eigenvalue weighted by Gasteiger charge is 2.14. The van der Waals surface area contributed by atoms with Gasteiger partial charge >= 0.3 is 0 Å². The minimum Gasteiger partial charge on any atom is -0.385 e. The first-order valence-electron chi connectivity index (χ1n) is 6.72. The third kappa shape index (κ3) is 3.99. The number of hydrogen-bond acceptors (Lipinski definition) is 4. The first-order chi connectivity index (χ1) is 8.90. The third-order valence-electron chi connectivity index (χ3n) is 3.27. The SMILES string of the molecule is COCCCn1ccnc1NCC1CCCOC1. The fraction of sp³-hybridized carbons (Fsp3) is 0.769. The summed E-state index contributed by atoms with van der Waals surface area (Å²) in [7, 11) is 1.73. The Labute approximate surface area is 108 Å². The van der Waals surface area contributed by atoms with E-state index >= 15 is 0 Å². The van der Waals surface area contributed by atoms with Gasteiger partial charge in [-0.1, -0.05) is 0 Å². The van der Waals surface area contributed by atoms with Crippen LogP contribution in [-0.4, -0.2) is 43.0 Å². The molecule has 0 saturated carbocycles. The van der Waals surface area contributed by atoms with E-state index in [0.717, 1.165) is 45.3 Å². The third-order valence-corrected chi connectivity index (χ3v) is 3.27. The van der Waals surface area contributed by atoms with Gasteiger partial charge in [-0.05, 0) is 25.2 Å². The number of anilines is 1. The van der Waals surface area contributed by atoms with E-state index in [0.29, 0.717) is 5.92 Å². The van der Waals surface area contributed by atoms with Gasteiger partial charge in [0.25, 0.3) is 0 Å². The molecule has 0 spiro atoms. The molecule has 1 fully saturated rings. The topological polar surface area (TPSA) is 48.3 Å². The summed E-state index contributed by atoms with van der Waals surface area (Å²) in [5.74, 6) is 1.57. The lowest BCUT2D eigenvalue weighted by Gasteiger charge is -2.22. The zero-order valence-electron chi connectivity index (χ0n) is 11.1. The maximum absolute atomic E-state index is 5.48. The van der Waals surface area contributed by atoms with Gasteiger partial charge in [0.05, 0.1) is 6.61 Å². The predicted molar refractivity (Wildman–Crippen MR) is 70.8 cm³/mol. The molecule has 2 rings (SSSR count). The van der Waals surface area contributed by atoms with Crippen LogP contribution in [-0.2, 0) is 16.0 Å². The minimum atomic E-state index is 0.614. The summed E-state index contributed by atoms with van der Waals surface area (Å²) < 4.78 is 12.7. The van der Waals surface area contributed by atoms with Crippen molar-refractivity contribution in [1.82, 2.24) is 9.55 Å². The Morgan fingerprint density at radius 2 is 2.56 bits per heavy atom. The summed E-state index contributed by atoms with van der Waals surface area (Å²) in [5.41, 5.74) is 0. The maximum atomic E-state index is 5.48. The molecule has 0 radical (unpaired) electrons. The number of imidazole rings is 1. The lowest BCUT2D eigenvalue weighted by Crippen LogP contribution is -2.25. The fourth-order valence-electron chi connectivity index (χ4n) is 2.24. The Kier molecular flexibility index (Phi) is 5.48. The van der Waals surface area contributed by atoms with Crippen molar-refractivity contribution >= 4 is 5.95 Å². The Hall–Kier alpha value is -1.07. The highest BCUT2D eigenvalue weighted by molar-refractivity contribution is 5.25. The van der Waals surface area contributed by atoms with Gasteiger partial charge in [0.1, 0.15) is 0 Å². The first kappa shape index (κ1) is 13.4. The van der Waals surface area contributed by atoms with Crippen LogP contribution in [0.4, 0.5) is 5.95 Å². The van der Waals surface area contributed by atoms with Crippen LogP contribution in [0.1, 0.15) is 19.3 Å². The number of nitrogens with zero attached hydrogens (tertiary/aromatic N) is 2. The molecule has 1 aromatic rings. The maximum Gasteiger partial charge on any atom is 0.202 e. The summed E-state index contributed by atoms with van der Waals surface area (Å²) in [6, 6.07) is 0. The standard InChI is InChI=1S/C13H23N3O2/c1-17-8-3-6-16-7-5-14-13(16)15-10-12-4-2-9-18-11-12/h5,7,12H,2-4,6,8-11H2,1H3,(H,14,15). The molecule has 102 valence electrons. The largest absolute Gasteiger partial charge is 0.385 e. The molecule has 2 heterocycles. The van der Waals surface area contributed by atoms with Crippen LogP contribution in [0.2, 0.25) is 0 Å². The Morgan fingerprint density at radius 1 is 1.61 bits per heavy atom. The van der Waals surface area contributed by atoms with Crippen LogP contribution in [0, 0.1) is 5.92 Å². The van der Waals surface area contributed by atoms with Crippen LogP contribution in [0.15, 0.2) is 12.4 Å². The molecule has 0 aromatic carbocycles. The van der Waals surface area contributed by atoms with Crippen molar-refractivity contribution in [3.8, 4) is 0 Å². The van der Waals surface area contributed by atoms with Crippen molar-refractivity contribution in [2.45, 2.75) is 25.8 Å². The summed E-state index contributed by atoms with van der Waals surface area (Å²) in [5, 5.41) is 3.42. The van der Waals surface area contributed by atoms with E-state index in [1.165, 1.54) is 12.8 Å². The molecular formula is C13H23N3O2. The van der Waals surface area contributed by atoms with Crippen molar-refractivity contribution in [2.75, 3.05) is 38.8 Å². The number of rotatable bonds is 7. The average Bonchev–Trinajstić information content (AvgIpc) is 2.86. The second-order valence-corrected chi connectivity index (χ2v) is 4.75. The molecule has 1 saturated heterocycles. The van der Waals surface area contributed by atoms with Gasteiger partial charge in [0.15, 0.2) is 0 Å². The van der Waals surface area contributed by atoms with Gasteiger partial charge in [-0.25, -0.2) is 4.98 Å². The van der Waals surface area contributed by atoms with Gasteiger partial charge < -0.3 is 19.4 Å². The molecule has 5 heteroatoms. The van der Waals surface area contributed by atoms with E-state index in [4.69, 9.17) is 9.47 Å². The molecule has 5 nitrogen and oxygen atoms in total. The number of methoxy groups -OCH3 is 1. The van der Waals surface area contributed by atoms with Crippen molar-refractivity contribution in [2.24, 2.45) is 5.92 Å². The van der Waals surface area contributed by atoms with Gasteiger partial charge in [0.2, 0.25) is 5.95 Å². The summed E-state index contributed by atoms with van der Waals surface area (Å²) in [6.07, 6.45) is 7.28. The number of ether oxygens (including phenoxy) is 2. The van der Waals surface area contributed by atoms with Crippen molar-refractivity contribution in [3.63, 3.8) is 0 Å². The second kappa shape index (κ2) is 7.38. The molecule has 18 heavy (non-hydrogen) atoms. The van der Waals surface area contributed by atoms with E-state index < -0.39 is 0 Å². The molecule has 0 aliphatic carbocycles. The van der Waals surface area contributed by atoms with Gasteiger partial charge in [-0.2, -0.15) is 0 Å². The lowest BCUT2D eigenvalue weighted by atomic mass is 10.0. The van der Waals surface area contributed by atoms with Gasteiger partial charge in [-0.15, -0.1) is 0 Å². The van der Waals surface area contributed by atoms with Crippen LogP contribution in [0.5, 0.6) is 0 Å². The molecule has 0 bridgehead atoms. The van der Waals surface area contributed by atoms with Gasteiger partial charge in [-0.3, -0.25) is 0 Å². The van der Waals surface area contributed by atoms with Crippen molar-refractivity contribution in [1.29, 1.82) is 0 Å². The molecule has 0 amide bonds. The van der Waals surface area contributed by atoms with E-state index in [2.05, 4.69) is 14.9 Å². The fourth-order valence-corrected chi connectivity index (χ4v) is 2.24. The van der Waals surface area contributed by atoms with Crippen molar-refractivity contribution in [3.05, 3.63) is 12.4 Å². The lowest BCUT2D eigenvalue weighted by molar-refractivity contribution is 0.0594. The van der Waals surface area contributed by atoms with E-state index in [9.17, 15) is 0 Å². The van der Waals surface area contributed by atoms with Crippen LogP contribution in [0.25, 0.3) is 0 Å². The zero-order chi connectivity index (χ0) is 12.6. The smallest absolute Gasteiger partial charge is 0.202 e. The highest BCUT2D eigenvalue weighted by Crippen LogP contribution is 2.14. The molecular weight excluding hydrogens is 230 g/mol. The molecule has 1 N–H and O–H groups in total. The number of nitrogens with one attached hydrogen (secondary N) is 1. The quantitative estimate of drug-likeness (QED) is 0.752. The summed E-state index contributed by atoms with van der Waals surface area (Å²) >= 11 is 0. The summed E-state index contributed by atoms with van der Waals surface area (Å²) in [4.78, 5) is 4.35. The molecule has 1 unspecified atom stereocenters. The van der Waals surface area contributed by atoms with Crippen LogP contribution in [0.3, 0.4) is 0 Å². The monoisotopic (exact) mass is 253 g/mol. The van der Waals surface area contributed by atoms with Crippen LogP contribution >= 0.6 is 0 Å². The van der Waals surface area contributed by atoms with E-state index in [1.54, 1.807) is 7.11 Å². The summed E-state index contributed by atoms with van der Waals surface area (Å²) in [6.45, 7) is 4.46. The highest BCUT2D eigenvalue weighted by atomic mass is 16.5. The average molecular weight is 253 g/mol. The zero-order valence-corrected chi connectivity index (χ0v) is 11.1. The van der Waals surface area contributed by atoms with Crippen molar-refractivity contribution < 1.29 is 9.47 Å². The molecule has 1 atom stereocenters. The molecule has 1 aliphatic rings.